The molecule has 0 aliphatic carbocycles. The zero-order valence-corrected chi connectivity index (χ0v) is 12.5. The Morgan fingerprint density at radius 2 is 2.30 bits per heavy atom. The quantitative estimate of drug-likeness (QED) is 0.601. The number of carbonyl (C=O) groups is 1. The van der Waals surface area contributed by atoms with Crippen LogP contribution >= 0.6 is 27.5 Å². The molecule has 0 atom stereocenters. The summed E-state index contributed by atoms with van der Waals surface area (Å²) in [6.07, 6.45) is 0.878. The van der Waals surface area contributed by atoms with Crippen molar-refractivity contribution in [2.45, 2.75) is 6.92 Å². The second-order valence-corrected chi connectivity index (χ2v) is 4.78. The van der Waals surface area contributed by atoms with Crippen LogP contribution in [0.5, 0.6) is 11.8 Å². The molecule has 0 spiro atoms. The molecule has 0 bridgehead atoms. The van der Waals surface area contributed by atoms with Crippen molar-refractivity contribution in [3.63, 3.8) is 0 Å². The molecule has 1 heterocycles. The highest BCUT2D eigenvalue weighted by atomic mass is 79.9. The molecule has 5 nitrogen and oxygen atoms in total. The molecule has 8 heteroatoms. The summed E-state index contributed by atoms with van der Waals surface area (Å²) in [4.78, 5) is 15.2. The van der Waals surface area contributed by atoms with Crippen molar-refractivity contribution < 1.29 is 23.1 Å². The van der Waals surface area contributed by atoms with E-state index in [0.717, 1.165) is 12.3 Å². The summed E-state index contributed by atoms with van der Waals surface area (Å²) in [7, 11) is 0. The van der Waals surface area contributed by atoms with Gasteiger partial charge in [-0.25, -0.2) is 9.18 Å². The van der Waals surface area contributed by atoms with E-state index in [2.05, 4.69) is 20.9 Å². The molecular formula is C12H8BrClFNO4. The third-order valence-electron chi connectivity index (χ3n) is 2.14. The number of halogens is 3. The van der Waals surface area contributed by atoms with E-state index < -0.39 is 11.8 Å². The van der Waals surface area contributed by atoms with Gasteiger partial charge in [-0.05, 0) is 28.9 Å². The number of carbonyl (C=O) groups excluding carboxylic acids is 1. The molecule has 2 rings (SSSR count). The van der Waals surface area contributed by atoms with Gasteiger partial charge in [0.05, 0.1) is 16.1 Å². The first-order valence-electron chi connectivity index (χ1n) is 5.46. The lowest BCUT2D eigenvalue weighted by Gasteiger charge is -2.04. The predicted octanol–water partition coefficient (Wildman–Crippen LogP) is 4.20. The Morgan fingerprint density at radius 1 is 1.55 bits per heavy atom. The van der Waals surface area contributed by atoms with Crippen LogP contribution in [0.2, 0.25) is 5.02 Å². The largest absolute Gasteiger partial charge is 0.461 e. The monoisotopic (exact) mass is 363 g/mol. The van der Waals surface area contributed by atoms with Crippen LogP contribution in [0.1, 0.15) is 17.4 Å². The Bertz CT molecular complexity index is 646. The Hall–Kier alpha value is -1.60. The zero-order valence-electron chi connectivity index (χ0n) is 10.2. The van der Waals surface area contributed by atoms with Crippen LogP contribution in [-0.4, -0.2) is 17.6 Å². The first-order valence-corrected chi connectivity index (χ1v) is 6.63. The van der Waals surface area contributed by atoms with Crippen molar-refractivity contribution in [2.24, 2.45) is 0 Å². The maximum absolute atomic E-state index is 13.3. The van der Waals surface area contributed by atoms with E-state index in [4.69, 9.17) is 25.5 Å². The first kappa shape index (κ1) is 14.8. The highest BCUT2D eigenvalue weighted by Gasteiger charge is 2.16. The van der Waals surface area contributed by atoms with Gasteiger partial charge in [-0.2, -0.15) is 4.98 Å². The fraction of sp³-hybridized carbons (Fsp3) is 0.167. The van der Waals surface area contributed by atoms with Crippen molar-refractivity contribution in [3.8, 4) is 11.8 Å². The van der Waals surface area contributed by atoms with Gasteiger partial charge in [0.25, 0.3) is 0 Å². The molecule has 0 N–H and O–H groups in total. The van der Waals surface area contributed by atoms with E-state index in [9.17, 15) is 9.18 Å². The number of ether oxygens (including phenoxy) is 2. The summed E-state index contributed by atoms with van der Waals surface area (Å²) in [5.74, 6) is -1.17. The van der Waals surface area contributed by atoms with E-state index in [1.165, 1.54) is 6.07 Å². The van der Waals surface area contributed by atoms with Crippen LogP contribution in [0.3, 0.4) is 0 Å². The Morgan fingerprint density at radius 3 is 3.00 bits per heavy atom. The molecule has 0 aliphatic heterocycles. The fourth-order valence-electron chi connectivity index (χ4n) is 1.28. The van der Waals surface area contributed by atoms with Crippen molar-refractivity contribution in [3.05, 3.63) is 39.4 Å². The maximum Gasteiger partial charge on any atom is 0.399 e. The lowest BCUT2D eigenvalue weighted by atomic mass is 10.3. The van der Waals surface area contributed by atoms with Crippen LogP contribution in [0.15, 0.2) is 27.3 Å². The first-order chi connectivity index (χ1) is 9.51. The van der Waals surface area contributed by atoms with Gasteiger partial charge in [-0.3, -0.25) is 0 Å². The van der Waals surface area contributed by atoms with Crippen molar-refractivity contribution in [1.82, 2.24) is 4.98 Å². The third-order valence-corrected chi connectivity index (χ3v) is 3.05. The number of hydrogen-bond acceptors (Lipinski definition) is 5. The highest BCUT2D eigenvalue weighted by molar-refractivity contribution is 9.10. The number of benzene rings is 1. The van der Waals surface area contributed by atoms with Gasteiger partial charge < -0.3 is 13.9 Å². The summed E-state index contributed by atoms with van der Waals surface area (Å²) in [5, 5.41) is -0.0520. The normalized spacial score (nSPS) is 10.4. The van der Waals surface area contributed by atoms with Crippen LogP contribution in [0, 0.1) is 5.82 Å². The average molecular weight is 365 g/mol. The van der Waals surface area contributed by atoms with Gasteiger partial charge in [-0.1, -0.05) is 11.6 Å². The number of rotatable bonds is 4. The number of oxazole rings is 1. The molecule has 1 aromatic carbocycles. The van der Waals surface area contributed by atoms with Gasteiger partial charge in [0.2, 0.25) is 0 Å². The molecule has 0 saturated carbocycles. The Kier molecular flexibility index (Phi) is 4.61. The molecule has 106 valence electrons. The summed E-state index contributed by atoms with van der Waals surface area (Å²) in [5.41, 5.74) is -0.0348. The number of esters is 1. The fourth-order valence-corrected chi connectivity index (χ4v) is 2.00. The standard InChI is InChI=1S/C12H8BrClFNO4/c1-2-18-11(17)9-5-19-12(16-9)20-10-4-8(15)7(14)3-6(10)13/h3-5H,2H2,1H3. The minimum absolute atomic E-state index is 0.0348. The number of aromatic nitrogens is 1. The minimum atomic E-state index is -0.651. The summed E-state index contributed by atoms with van der Waals surface area (Å²) in [6.45, 7) is 1.89. The van der Waals surface area contributed by atoms with Gasteiger partial charge in [0.15, 0.2) is 5.69 Å². The summed E-state index contributed by atoms with van der Waals surface area (Å²) in [6, 6.07) is 2.40. The molecule has 1 aromatic heterocycles. The van der Waals surface area contributed by atoms with Gasteiger partial charge in [0.1, 0.15) is 17.8 Å². The van der Waals surface area contributed by atoms with E-state index in [-0.39, 0.29) is 29.1 Å². The number of nitrogens with zero attached hydrogens (tertiary/aromatic N) is 1. The lowest BCUT2D eigenvalue weighted by Crippen LogP contribution is -2.04. The molecule has 20 heavy (non-hydrogen) atoms. The Balaban J connectivity index is 2.19. The maximum atomic E-state index is 13.3. The van der Waals surface area contributed by atoms with Crippen molar-refractivity contribution >= 4 is 33.5 Å². The molecule has 0 saturated heterocycles. The van der Waals surface area contributed by atoms with E-state index in [1.807, 2.05) is 0 Å². The van der Waals surface area contributed by atoms with Crippen LogP contribution < -0.4 is 4.74 Å². The van der Waals surface area contributed by atoms with E-state index in [1.54, 1.807) is 6.92 Å². The summed E-state index contributed by atoms with van der Waals surface area (Å²) < 4.78 is 28.7. The predicted molar refractivity (Wildman–Crippen MR) is 71.6 cm³/mol. The third kappa shape index (κ3) is 3.29. The SMILES string of the molecule is CCOC(=O)c1coc(Oc2cc(F)c(Cl)cc2Br)n1. The lowest BCUT2D eigenvalue weighted by molar-refractivity contribution is 0.0519. The summed E-state index contributed by atoms with van der Waals surface area (Å²) >= 11 is 8.77. The second-order valence-electron chi connectivity index (χ2n) is 3.52. The van der Waals surface area contributed by atoms with Crippen molar-refractivity contribution in [2.75, 3.05) is 6.61 Å². The second kappa shape index (κ2) is 6.23. The zero-order chi connectivity index (χ0) is 14.7. The van der Waals surface area contributed by atoms with Gasteiger partial charge >= 0.3 is 12.0 Å². The molecule has 0 unspecified atom stereocenters. The molecule has 2 aromatic rings. The minimum Gasteiger partial charge on any atom is -0.461 e. The van der Waals surface area contributed by atoms with Crippen LogP contribution in [0.4, 0.5) is 4.39 Å². The van der Waals surface area contributed by atoms with Gasteiger partial charge in [0, 0.05) is 6.07 Å². The van der Waals surface area contributed by atoms with Crippen LogP contribution in [0.25, 0.3) is 0 Å². The molecular weight excluding hydrogens is 356 g/mol. The molecule has 0 radical (unpaired) electrons. The van der Waals surface area contributed by atoms with Crippen molar-refractivity contribution in [1.29, 1.82) is 0 Å². The van der Waals surface area contributed by atoms with Gasteiger partial charge in [-0.15, -0.1) is 0 Å². The molecule has 0 fully saturated rings. The average Bonchev–Trinajstić information content (AvgIpc) is 2.85. The molecule has 0 amide bonds. The van der Waals surface area contributed by atoms with E-state index in [0.29, 0.717) is 4.47 Å². The van der Waals surface area contributed by atoms with Crippen LogP contribution in [-0.2, 0) is 4.74 Å². The highest BCUT2D eigenvalue weighted by Crippen LogP contribution is 2.33. The number of hydrogen-bond donors (Lipinski definition) is 0. The van der Waals surface area contributed by atoms with E-state index >= 15 is 0 Å². The smallest absolute Gasteiger partial charge is 0.399 e. The topological polar surface area (TPSA) is 61.6 Å². The Labute approximate surface area is 126 Å². The molecule has 0 aliphatic rings.